The fourth-order valence-electron chi connectivity index (χ4n) is 2.02. The molecule has 0 bridgehead atoms. The van der Waals surface area contributed by atoms with Gasteiger partial charge in [-0.3, -0.25) is 0 Å². The number of nitrogens with one attached hydrogen (secondary N) is 1. The quantitative estimate of drug-likeness (QED) is 0.855. The lowest BCUT2D eigenvalue weighted by molar-refractivity contribution is 0.0677. The summed E-state index contributed by atoms with van der Waals surface area (Å²) in [5.41, 5.74) is 0.251. The molecule has 0 aliphatic carbocycles. The number of rotatable bonds is 2. The van der Waals surface area contributed by atoms with E-state index in [0.717, 1.165) is 26.0 Å². The molecule has 1 aromatic rings. The van der Waals surface area contributed by atoms with E-state index >= 15 is 0 Å². The van der Waals surface area contributed by atoms with Crippen molar-refractivity contribution in [1.29, 1.82) is 0 Å². The van der Waals surface area contributed by atoms with Crippen molar-refractivity contribution in [2.45, 2.75) is 45.3 Å². The van der Waals surface area contributed by atoms with Crippen LogP contribution in [0, 0.1) is 6.92 Å². The Morgan fingerprint density at radius 1 is 1.56 bits per heavy atom. The van der Waals surface area contributed by atoms with E-state index in [0.29, 0.717) is 0 Å². The lowest BCUT2D eigenvalue weighted by atomic mass is 9.95. The van der Waals surface area contributed by atoms with Gasteiger partial charge in [-0.25, -0.2) is 0 Å². The zero-order chi connectivity index (χ0) is 11.6. The molecule has 1 aromatic heterocycles. The van der Waals surface area contributed by atoms with Crippen LogP contribution in [0.3, 0.4) is 0 Å². The highest BCUT2D eigenvalue weighted by Crippen LogP contribution is 2.29. The summed E-state index contributed by atoms with van der Waals surface area (Å²) in [5, 5.41) is 3.65. The van der Waals surface area contributed by atoms with Crippen molar-refractivity contribution in [3.05, 3.63) is 21.9 Å². The van der Waals surface area contributed by atoms with Gasteiger partial charge in [-0.1, -0.05) is 6.92 Å². The van der Waals surface area contributed by atoms with Gasteiger partial charge in [0.05, 0.1) is 0 Å². The van der Waals surface area contributed by atoms with Crippen molar-refractivity contribution in [2.75, 3.05) is 13.2 Å². The number of thiophene rings is 1. The third-order valence-electron chi connectivity index (χ3n) is 3.55. The average molecular weight is 239 g/mol. The first kappa shape index (κ1) is 12.1. The molecule has 0 amide bonds. The fourth-order valence-corrected chi connectivity index (χ4v) is 2.95. The van der Waals surface area contributed by atoms with Gasteiger partial charge in [0, 0.05) is 28.4 Å². The van der Waals surface area contributed by atoms with E-state index < -0.39 is 0 Å². The first-order valence-corrected chi connectivity index (χ1v) is 6.87. The van der Waals surface area contributed by atoms with E-state index in [-0.39, 0.29) is 11.6 Å². The Labute approximate surface area is 102 Å². The summed E-state index contributed by atoms with van der Waals surface area (Å²) in [4.78, 5) is 2.71. The zero-order valence-corrected chi connectivity index (χ0v) is 11.2. The molecule has 2 heterocycles. The fraction of sp³-hybridized carbons (Fsp3) is 0.692. The van der Waals surface area contributed by atoms with Crippen LogP contribution in [0.15, 0.2) is 12.1 Å². The molecule has 0 spiro atoms. The SMILES string of the molecule is CCC1(C)CCOC(c2ccc(C)s2)CN1. The molecule has 1 aliphatic rings. The monoisotopic (exact) mass is 239 g/mol. The molecule has 2 rings (SSSR count). The van der Waals surface area contributed by atoms with Crippen LogP contribution in [0.5, 0.6) is 0 Å². The molecule has 1 aliphatic heterocycles. The first-order valence-electron chi connectivity index (χ1n) is 6.06. The second-order valence-electron chi connectivity index (χ2n) is 4.85. The van der Waals surface area contributed by atoms with Crippen molar-refractivity contribution >= 4 is 11.3 Å². The molecule has 2 atom stereocenters. The van der Waals surface area contributed by atoms with Crippen molar-refractivity contribution in [1.82, 2.24) is 5.32 Å². The Morgan fingerprint density at radius 3 is 3.00 bits per heavy atom. The van der Waals surface area contributed by atoms with E-state index in [4.69, 9.17) is 4.74 Å². The molecule has 1 fully saturated rings. The maximum absolute atomic E-state index is 5.95. The van der Waals surface area contributed by atoms with Crippen LogP contribution in [0.25, 0.3) is 0 Å². The average Bonchev–Trinajstić information content (AvgIpc) is 2.59. The Hall–Kier alpha value is -0.380. The van der Waals surface area contributed by atoms with E-state index in [2.05, 4.69) is 38.2 Å². The molecule has 2 unspecified atom stereocenters. The molecule has 0 aromatic carbocycles. The molecule has 2 nitrogen and oxygen atoms in total. The molecule has 0 saturated carbocycles. The maximum atomic E-state index is 5.95. The molecule has 1 N–H and O–H groups in total. The molecule has 1 saturated heterocycles. The molecular formula is C13H21NOS. The van der Waals surface area contributed by atoms with Crippen LogP contribution in [0.1, 0.15) is 42.5 Å². The van der Waals surface area contributed by atoms with Gasteiger partial charge in [0.2, 0.25) is 0 Å². The van der Waals surface area contributed by atoms with Crippen LogP contribution in [0.4, 0.5) is 0 Å². The molecule has 3 heteroatoms. The summed E-state index contributed by atoms with van der Waals surface area (Å²) < 4.78 is 5.95. The van der Waals surface area contributed by atoms with Gasteiger partial charge in [0.15, 0.2) is 0 Å². The van der Waals surface area contributed by atoms with Gasteiger partial charge in [-0.15, -0.1) is 11.3 Å². The summed E-state index contributed by atoms with van der Waals surface area (Å²) in [6, 6.07) is 4.37. The lowest BCUT2D eigenvalue weighted by Gasteiger charge is -2.27. The molecular weight excluding hydrogens is 218 g/mol. The van der Waals surface area contributed by atoms with Crippen LogP contribution < -0.4 is 5.32 Å². The number of ether oxygens (including phenoxy) is 1. The normalized spacial score (nSPS) is 31.3. The van der Waals surface area contributed by atoms with Crippen LogP contribution in [0.2, 0.25) is 0 Å². The Balaban J connectivity index is 2.04. The highest BCUT2D eigenvalue weighted by molar-refractivity contribution is 7.12. The number of hydrogen-bond donors (Lipinski definition) is 1. The van der Waals surface area contributed by atoms with Gasteiger partial charge in [-0.05, 0) is 38.8 Å². The van der Waals surface area contributed by atoms with Gasteiger partial charge in [-0.2, -0.15) is 0 Å². The summed E-state index contributed by atoms with van der Waals surface area (Å²) in [5.74, 6) is 0. The van der Waals surface area contributed by atoms with E-state index in [1.54, 1.807) is 0 Å². The lowest BCUT2D eigenvalue weighted by Crippen LogP contribution is -2.42. The van der Waals surface area contributed by atoms with Crippen molar-refractivity contribution in [2.24, 2.45) is 0 Å². The second-order valence-corrected chi connectivity index (χ2v) is 6.17. The maximum Gasteiger partial charge on any atom is 0.104 e. The predicted molar refractivity (Wildman–Crippen MR) is 69.1 cm³/mol. The second kappa shape index (κ2) is 4.86. The van der Waals surface area contributed by atoms with Gasteiger partial charge >= 0.3 is 0 Å². The van der Waals surface area contributed by atoms with Crippen molar-refractivity contribution in [3.8, 4) is 0 Å². The largest absolute Gasteiger partial charge is 0.371 e. The highest BCUT2D eigenvalue weighted by atomic mass is 32.1. The summed E-state index contributed by atoms with van der Waals surface area (Å²) in [6.07, 6.45) is 2.50. The van der Waals surface area contributed by atoms with Crippen LogP contribution in [-0.2, 0) is 4.74 Å². The molecule has 0 radical (unpaired) electrons. The van der Waals surface area contributed by atoms with Gasteiger partial charge in [0.1, 0.15) is 6.10 Å². The van der Waals surface area contributed by atoms with E-state index in [9.17, 15) is 0 Å². The van der Waals surface area contributed by atoms with E-state index in [1.807, 2.05) is 11.3 Å². The summed E-state index contributed by atoms with van der Waals surface area (Å²) in [6.45, 7) is 8.47. The highest BCUT2D eigenvalue weighted by Gasteiger charge is 2.27. The van der Waals surface area contributed by atoms with Crippen molar-refractivity contribution in [3.63, 3.8) is 0 Å². The third-order valence-corrected chi connectivity index (χ3v) is 4.64. The standard InChI is InChI=1S/C13H21NOS/c1-4-13(3)7-8-15-11(9-14-13)12-6-5-10(2)16-12/h5-6,11,14H,4,7-9H2,1-3H3. The Bertz CT molecular complexity index is 349. The Morgan fingerprint density at radius 2 is 2.38 bits per heavy atom. The van der Waals surface area contributed by atoms with Gasteiger partial charge in [0.25, 0.3) is 0 Å². The smallest absolute Gasteiger partial charge is 0.104 e. The number of aryl methyl sites for hydroxylation is 1. The minimum Gasteiger partial charge on any atom is -0.371 e. The van der Waals surface area contributed by atoms with E-state index in [1.165, 1.54) is 9.75 Å². The first-order chi connectivity index (χ1) is 7.63. The van der Waals surface area contributed by atoms with Gasteiger partial charge < -0.3 is 10.1 Å². The minimum atomic E-state index is 0.243. The summed E-state index contributed by atoms with van der Waals surface area (Å²) >= 11 is 1.85. The zero-order valence-electron chi connectivity index (χ0n) is 10.4. The number of hydrogen-bond acceptors (Lipinski definition) is 3. The third kappa shape index (κ3) is 2.65. The minimum absolute atomic E-state index is 0.243. The summed E-state index contributed by atoms with van der Waals surface area (Å²) in [7, 11) is 0. The molecule has 16 heavy (non-hydrogen) atoms. The van der Waals surface area contributed by atoms with Crippen LogP contribution >= 0.6 is 11.3 Å². The molecule has 90 valence electrons. The topological polar surface area (TPSA) is 21.3 Å². The van der Waals surface area contributed by atoms with Crippen LogP contribution in [-0.4, -0.2) is 18.7 Å². The Kier molecular flexibility index (Phi) is 3.67. The van der Waals surface area contributed by atoms with Crippen molar-refractivity contribution < 1.29 is 4.74 Å². The predicted octanol–water partition coefficient (Wildman–Crippen LogP) is 3.28.